The first kappa shape index (κ1) is 13.4. The average Bonchev–Trinajstić information content (AvgIpc) is 2.39. The number of rotatable bonds is 4. The summed E-state index contributed by atoms with van der Waals surface area (Å²) < 4.78 is 18.8. The average molecular weight is 279 g/mol. The SMILES string of the molecule is NN=Cc1ccc(F)cc1OCc1cccc(Cl)c1. The van der Waals surface area contributed by atoms with Gasteiger partial charge in [0.05, 0.1) is 6.21 Å². The van der Waals surface area contributed by atoms with Gasteiger partial charge in [-0.25, -0.2) is 4.39 Å². The molecule has 0 saturated heterocycles. The summed E-state index contributed by atoms with van der Waals surface area (Å²) in [7, 11) is 0. The number of hydrazone groups is 1. The number of nitrogens with two attached hydrogens (primary N) is 1. The van der Waals surface area contributed by atoms with E-state index in [2.05, 4.69) is 5.10 Å². The third-order valence-electron chi connectivity index (χ3n) is 2.47. The molecule has 0 heterocycles. The number of hydrogen-bond donors (Lipinski definition) is 1. The van der Waals surface area contributed by atoms with E-state index in [4.69, 9.17) is 22.2 Å². The van der Waals surface area contributed by atoms with Crippen molar-refractivity contribution >= 4 is 17.8 Å². The first-order valence-corrected chi connectivity index (χ1v) is 5.97. The Morgan fingerprint density at radius 3 is 2.84 bits per heavy atom. The quantitative estimate of drug-likeness (QED) is 0.530. The predicted octanol–water partition coefficient (Wildman–Crippen LogP) is 3.35. The van der Waals surface area contributed by atoms with Crippen molar-refractivity contribution < 1.29 is 9.13 Å². The standard InChI is InChI=1S/C14H12ClFN2O/c15-12-3-1-2-10(6-12)9-19-14-7-13(16)5-4-11(14)8-18-17/h1-8H,9,17H2. The van der Waals surface area contributed by atoms with Crippen molar-refractivity contribution in [3.05, 3.63) is 64.4 Å². The topological polar surface area (TPSA) is 47.6 Å². The van der Waals surface area contributed by atoms with Crippen LogP contribution in [-0.4, -0.2) is 6.21 Å². The molecule has 0 radical (unpaired) electrons. The monoisotopic (exact) mass is 278 g/mol. The summed E-state index contributed by atoms with van der Waals surface area (Å²) in [5.41, 5.74) is 1.51. The Hall–Kier alpha value is -2.07. The van der Waals surface area contributed by atoms with Gasteiger partial charge in [0, 0.05) is 16.7 Å². The van der Waals surface area contributed by atoms with Crippen molar-refractivity contribution in [3.63, 3.8) is 0 Å². The molecule has 0 aliphatic carbocycles. The highest BCUT2D eigenvalue weighted by Gasteiger charge is 2.04. The predicted molar refractivity (Wildman–Crippen MR) is 74.0 cm³/mol. The van der Waals surface area contributed by atoms with E-state index in [1.807, 2.05) is 12.1 Å². The summed E-state index contributed by atoms with van der Waals surface area (Å²) >= 11 is 5.88. The van der Waals surface area contributed by atoms with Crippen molar-refractivity contribution in [2.75, 3.05) is 0 Å². The zero-order chi connectivity index (χ0) is 13.7. The molecule has 5 heteroatoms. The van der Waals surface area contributed by atoms with E-state index in [1.54, 1.807) is 18.2 Å². The van der Waals surface area contributed by atoms with Crippen molar-refractivity contribution in [1.29, 1.82) is 0 Å². The van der Waals surface area contributed by atoms with Crippen LogP contribution in [0.15, 0.2) is 47.6 Å². The van der Waals surface area contributed by atoms with Crippen LogP contribution in [0.5, 0.6) is 5.75 Å². The highest BCUT2D eigenvalue weighted by molar-refractivity contribution is 6.30. The zero-order valence-electron chi connectivity index (χ0n) is 10.0. The molecule has 0 fully saturated rings. The fraction of sp³-hybridized carbons (Fsp3) is 0.0714. The van der Waals surface area contributed by atoms with Crippen LogP contribution in [0.1, 0.15) is 11.1 Å². The van der Waals surface area contributed by atoms with Gasteiger partial charge in [-0.1, -0.05) is 23.7 Å². The Balaban J connectivity index is 2.16. The van der Waals surface area contributed by atoms with Gasteiger partial charge in [0.25, 0.3) is 0 Å². The minimum Gasteiger partial charge on any atom is -0.488 e. The van der Waals surface area contributed by atoms with Crippen LogP contribution in [0.3, 0.4) is 0 Å². The van der Waals surface area contributed by atoms with Crippen LogP contribution >= 0.6 is 11.6 Å². The van der Waals surface area contributed by atoms with E-state index in [0.29, 0.717) is 16.3 Å². The zero-order valence-corrected chi connectivity index (χ0v) is 10.8. The number of ether oxygens (including phenoxy) is 1. The minimum atomic E-state index is -0.379. The molecule has 0 unspecified atom stereocenters. The summed E-state index contributed by atoms with van der Waals surface area (Å²) in [5, 5.41) is 4.05. The Labute approximate surface area is 115 Å². The van der Waals surface area contributed by atoms with E-state index < -0.39 is 0 Å². The van der Waals surface area contributed by atoms with Gasteiger partial charge in [-0.3, -0.25) is 0 Å². The van der Waals surface area contributed by atoms with Crippen LogP contribution in [0.4, 0.5) is 4.39 Å². The molecule has 19 heavy (non-hydrogen) atoms. The first-order valence-electron chi connectivity index (χ1n) is 5.59. The van der Waals surface area contributed by atoms with Gasteiger partial charge < -0.3 is 10.6 Å². The molecule has 0 bridgehead atoms. The molecule has 2 N–H and O–H groups in total. The van der Waals surface area contributed by atoms with Crippen molar-refractivity contribution in [2.24, 2.45) is 10.9 Å². The smallest absolute Gasteiger partial charge is 0.131 e. The molecule has 2 aromatic rings. The summed E-state index contributed by atoms with van der Waals surface area (Å²) in [6, 6.07) is 11.4. The maximum Gasteiger partial charge on any atom is 0.131 e. The second kappa shape index (κ2) is 6.20. The third kappa shape index (κ3) is 3.69. The summed E-state index contributed by atoms with van der Waals surface area (Å²) in [5.74, 6) is 5.10. The van der Waals surface area contributed by atoms with Gasteiger partial charge in [-0.15, -0.1) is 0 Å². The summed E-state index contributed by atoms with van der Waals surface area (Å²) in [6.45, 7) is 0.287. The Morgan fingerprint density at radius 2 is 2.11 bits per heavy atom. The molecule has 2 rings (SSSR count). The molecule has 0 atom stereocenters. The van der Waals surface area contributed by atoms with E-state index in [1.165, 1.54) is 18.3 Å². The van der Waals surface area contributed by atoms with Gasteiger partial charge in [-0.2, -0.15) is 5.10 Å². The molecule has 0 aliphatic rings. The highest BCUT2D eigenvalue weighted by Crippen LogP contribution is 2.20. The van der Waals surface area contributed by atoms with Crippen molar-refractivity contribution in [1.82, 2.24) is 0 Å². The molecule has 98 valence electrons. The molecule has 0 aromatic heterocycles. The van der Waals surface area contributed by atoms with Gasteiger partial charge in [0.2, 0.25) is 0 Å². The fourth-order valence-corrected chi connectivity index (χ4v) is 1.82. The molecule has 0 saturated carbocycles. The van der Waals surface area contributed by atoms with Crippen LogP contribution in [-0.2, 0) is 6.61 Å². The van der Waals surface area contributed by atoms with Crippen LogP contribution in [0.25, 0.3) is 0 Å². The second-order valence-electron chi connectivity index (χ2n) is 3.88. The lowest BCUT2D eigenvalue weighted by molar-refractivity contribution is 0.304. The maximum atomic E-state index is 13.2. The van der Waals surface area contributed by atoms with Crippen LogP contribution < -0.4 is 10.6 Å². The van der Waals surface area contributed by atoms with E-state index >= 15 is 0 Å². The number of nitrogens with zero attached hydrogens (tertiary/aromatic N) is 1. The minimum absolute atomic E-state index is 0.287. The van der Waals surface area contributed by atoms with E-state index in [-0.39, 0.29) is 12.4 Å². The highest BCUT2D eigenvalue weighted by atomic mass is 35.5. The Bertz CT molecular complexity index is 602. The lowest BCUT2D eigenvalue weighted by Gasteiger charge is -2.09. The van der Waals surface area contributed by atoms with Gasteiger partial charge in [0.1, 0.15) is 18.2 Å². The first-order chi connectivity index (χ1) is 9.19. The molecular formula is C14H12ClFN2O. The molecule has 0 amide bonds. The molecule has 0 aliphatic heterocycles. The van der Waals surface area contributed by atoms with Crippen LogP contribution in [0, 0.1) is 5.82 Å². The van der Waals surface area contributed by atoms with E-state index in [0.717, 1.165) is 5.56 Å². The summed E-state index contributed by atoms with van der Waals surface area (Å²) in [6.07, 6.45) is 1.41. The molecular weight excluding hydrogens is 267 g/mol. The van der Waals surface area contributed by atoms with Gasteiger partial charge in [0.15, 0.2) is 0 Å². The lowest BCUT2D eigenvalue weighted by atomic mass is 10.2. The lowest BCUT2D eigenvalue weighted by Crippen LogP contribution is -1.99. The fourth-order valence-electron chi connectivity index (χ4n) is 1.61. The molecule has 0 spiro atoms. The van der Waals surface area contributed by atoms with Gasteiger partial charge in [-0.05, 0) is 29.8 Å². The summed E-state index contributed by atoms with van der Waals surface area (Å²) in [4.78, 5) is 0. The normalized spacial score (nSPS) is 10.8. The number of hydrogen-bond acceptors (Lipinski definition) is 3. The van der Waals surface area contributed by atoms with Crippen LogP contribution in [0.2, 0.25) is 5.02 Å². The molecule has 3 nitrogen and oxygen atoms in total. The third-order valence-corrected chi connectivity index (χ3v) is 2.71. The van der Waals surface area contributed by atoms with Crippen molar-refractivity contribution in [2.45, 2.75) is 6.61 Å². The second-order valence-corrected chi connectivity index (χ2v) is 4.32. The molecule has 2 aromatic carbocycles. The number of halogens is 2. The van der Waals surface area contributed by atoms with Crippen molar-refractivity contribution in [3.8, 4) is 5.75 Å². The van der Waals surface area contributed by atoms with Gasteiger partial charge >= 0.3 is 0 Å². The number of benzene rings is 2. The largest absolute Gasteiger partial charge is 0.488 e. The Morgan fingerprint density at radius 1 is 1.26 bits per heavy atom. The maximum absolute atomic E-state index is 13.2. The Kier molecular flexibility index (Phi) is 4.36. The van der Waals surface area contributed by atoms with E-state index in [9.17, 15) is 4.39 Å².